The van der Waals surface area contributed by atoms with Crippen LogP contribution in [0.2, 0.25) is 0 Å². The van der Waals surface area contributed by atoms with Crippen LogP contribution in [0.4, 0.5) is 0 Å². The van der Waals surface area contributed by atoms with Crippen LogP contribution in [0, 0.1) is 0 Å². The van der Waals surface area contributed by atoms with Crippen LogP contribution in [0.1, 0.15) is 23.3 Å². The number of rotatable bonds is 2. The summed E-state index contributed by atoms with van der Waals surface area (Å²) in [6.45, 7) is 0. The first-order chi connectivity index (χ1) is 12.8. The number of fused-ring (bicyclic) bond motifs is 3. The van der Waals surface area contributed by atoms with Crippen molar-refractivity contribution in [2.45, 2.75) is 25.7 Å². The first-order valence-electron chi connectivity index (χ1n) is 9.10. The van der Waals surface area contributed by atoms with Crippen molar-refractivity contribution < 1.29 is 17.5 Å². The Labute approximate surface area is 168 Å². The zero-order valence-electron chi connectivity index (χ0n) is 14.8. The Morgan fingerprint density at radius 2 is 1.63 bits per heavy atom. The highest BCUT2D eigenvalue weighted by molar-refractivity contribution is 7.19. The summed E-state index contributed by atoms with van der Waals surface area (Å²) in [6.07, 6.45) is 4.87. The Morgan fingerprint density at radius 3 is 2.44 bits per heavy atom. The number of benzene rings is 2. The fraction of sp³-hybridized carbons (Fsp3) is 0.174. The lowest BCUT2D eigenvalue weighted by atomic mass is 9.92. The molecule has 0 bridgehead atoms. The predicted molar refractivity (Wildman–Crippen MR) is 109 cm³/mol. The number of aromatic hydroxyl groups is 1. The first kappa shape index (κ1) is 18.0. The molecule has 2 nitrogen and oxygen atoms in total. The Hall–Kier alpha value is -2.36. The molecule has 1 aliphatic carbocycles. The van der Waals surface area contributed by atoms with Crippen LogP contribution >= 0.6 is 11.3 Å². The summed E-state index contributed by atoms with van der Waals surface area (Å²) < 4.78 is 0. The lowest BCUT2D eigenvalue weighted by molar-refractivity contribution is -0.00000605. The summed E-state index contributed by atoms with van der Waals surface area (Å²) in [4.78, 5) is 7.61. The van der Waals surface area contributed by atoms with Gasteiger partial charge in [0.15, 0.2) is 0 Å². The quantitative estimate of drug-likeness (QED) is 0.568. The van der Waals surface area contributed by atoms with E-state index in [2.05, 4.69) is 36.4 Å². The van der Waals surface area contributed by atoms with E-state index in [1.165, 1.54) is 46.2 Å². The average molecular weight is 393 g/mol. The van der Waals surface area contributed by atoms with Gasteiger partial charge in [-0.1, -0.05) is 42.5 Å². The zero-order chi connectivity index (χ0) is 17.5. The molecule has 2 heterocycles. The molecule has 136 valence electrons. The fourth-order valence-electron chi connectivity index (χ4n) is 3.92. The summed E-state index contributed by atoms with van der Waals surface area (Å²) in [7, 11) is 0. The SMILES string of the molecule is Oc1cccc(-c2cc(-c3ccccc3)c3c4c(sc3n2)CCCC4)c1.[Cl-]. The van der Waals surface area contributed by atoms with Gasteiger partial charge in [0.05, 0.1) is 5.69 Å². The molecule has 4 aromatic rings. The zero-order valence-corrected chi connectivity index (χ0v) is 16.4. The van der Waals surface area contributed by atoms with Gasteiger partial charge in [-0.05, 0) is 60.6 Å². The standard InChI is InChI=1S/C23H19NOS.ClH/c25-17-10-6-9-16(13-17)20-14-19(15-7-2-1-3-8-15)22-18-11-4-5-12-21(18)26-23(22)24-20;/h1-3,6-10,13-14,25H,4-5,11-12H2;1H/p-1. The molecule has 0 aliphatic heterocycles. The van der Waals surface area contributed by atoms with Crippen molar-refractivity contribution in [3.05, 3.63) is 71.1 Å². The van der Waals surface area contributed by atoms with Gasteiger partial charge in [-0.2, -0.15) is 0 Å². The average Bonchev–Trinajstić information content (AvgIpc) is 3.06. The van der Waals surface area contributed by atoms with Crippen molar-refractivity contribution in [2.24, 2.45) is 0 Å². The minimum Gasteiger partial charge on any atom is -1.00 e. The first-order valence-corrected chi connectivity index (χ1v) is 9.91. The van der Waals surface area contributed by atoms with Gasteiger partial charge in [0.25, 0.3) is 0 Å². The normalized spacial score (nSPS) is 13.2. The van der Waals surface area contributed by atoms with E-state index in [-0.39, 0.29) is 18.2 Å². The van der Waals surface area contributed by atoms with Crippen molar-refractivity contribution in [3.63, 3.8) is 0 Å². The van der Waals surface area contributed by atoms with E-state index in [1.807, 2.05) is 23.5 Å². The van der Waals surface area contributed by atoms with E-state index in [0.29, 0.717) is 0 Å². The number of nitrogens with zero attached hydrogens (tertiary/aromatic N) is 1. The molecule has 1 aliphatic rings. The van der Waals surface area contributed by atoms with Crippen molar-refractivity contribution in [1.29, 1.82) is 0 Å². The van der Waals surface area contributed by atoms with Crippen LogP contribution in [0.5, 0.6) is 5.75 Å². The smallest absolute Gasteiger partial charge is 0.125 e. The lowest BCUT2D eigenvalue weighted by Crippen LogP contribution is -3.00. The molecule has 0 amide bonds. The van der Waals surface area contributed by atoms with Crippen LogP contribution in [0.3, 0.4) is 0 Å². The largest absolute Gasteiger partial charge is 1.00 e. The number of pyridine rings is 1. The van der Waals surface area contributed by atoms with E-state index >= 15 is 0 Å². The minimum atomic E-state index is 0. The number of hydrogen-bond donors (Lipinski definition) is 1. The predicted octanol–water partition coefficient (Wildman–Crippen LogP) is 3.22. The number of phenols is 1. The highest BCUT2D eigenvalue weighted by Gasteiger charge is 2.21. The van der Waals surface area contributed by atoms with Crippen LogP contribution in [-0.2, 0) is 12.8 Å². The molecule has 0 saturated heterocycles. The molecule has 2 aromatic carbocycles. The summed E-state index contributed by atoms with van der Waals surface area (Å²) in [5.74, 6) is 0.274. The van der Waals surface area contributed by atoms with E-state index in [1.54, 1.807) is 12.1 Å². The van der Waals surface area contributed by atoms with E-state index in [9.17, 15) is 5.11 Å². The number of hydrogen-bond acceptors (Lipinski definition) is 3. The third kappa shape index (κ3) is 3.22. The maximum Gasteiger partial charge on any atom is 0.125 e. The van der Waals surface area contributed by atoms with E-state index < -0.39 is 0 Å². The molecule has 1 N–H and O–H groups in total. The maximum absolute atomic E-state index is 9.88. The van der Waals surface area contributed by atoms with E-state index in [4.69, 9.17) is 4.98 Å². The van der Waals surface area contributed by atoms with Crippen molar-refractivity contribution in [2.75, 3.05) is 0 Å². The second-order valence-corrected chi connectivity index (χ2v) is 7.95. The topological polar surface area (TPSA) is 33.1 Å². The Kier molecular flexibility index (Phi) is 4.90. The lowest BCUT2D eigenvalue weighted by Gasteiger charge is -2.13. The molecular formula is C23H19ClNOS-. The highest BCUT2D eigenvalue weighted by atomic mass is 35.5. The molecule has 4 heteroatoms. The third-order valence-electron chi connectivity index (χ3n) is 5.15. The molecule has 27 heavy (non-hydrogen) atoms. The van der Waals surface area contributed by atoms with E-state index in [0.717, 1.165) is 22.5 Å². The highest BCUT2D eigenvalue weighted by Crippen LogP contribution is 2.42. The summed E-state index contributed by atoms with van der Waals surface area (Å²) in [5, 5.41) is 11.2. The molecule has 0 saturated carbocycles. The van der Waals surface area contributed by atoms with Gasteiger partial charge in [-0.15, -0.1) is 11.3 Å². The van der Waals surface area contributed by atoms with Crippen molar-refractivity contribution in [3.8, 4) is 28.1 Å². The van der Waals surface area contributed by atoms with Gasteiger partial charge in [0.2, 0.25) is 0 Å². The van der Waals surface area contributed by atoms with Crippen LogP contribution in [0.25, 0.3) is 32.6 Å². The molecule has 0 atom stereocenters. The molecular weight excluding hydrogens is 374 g/mol. The third-order valence-corrected chi connectivity index (χ3v) is 6.34. The molecule has 5 rings (SSSR count). The summed E-state index contributed by atoms with van der Waals surface area (Å²) >= 11 is 1.85. The Bertz CT molecular complexity index is 1100. The van der Waals surface area contributed by atoms with Crippen LogP contribution in [0.15, 0.2) is 60.7 Å². The second kappa shape index (κ2) is 7.34. The van der Waals surface area contributed by atoms with Gasteiger partial charge in [0.1, 0.15) is 10.6 Å². The van der Waals surface area contributed by atoms with Gasteiger partial charge in [-0.25, -0.2) is 4.98 Å². The van der Waals surface area contributed by atoms with Crippen molar-refractivity contribution >= 4 is 21.6 Å². The van der Waals surface area contributed by atoms with Crippen LogP contribution in [-0.4, -0.2) is 10.1 Å². The molecule has 0 spiro atoms. The summed E-state index contributed by atoms with van der Waals surface area (Å²) in [6, 6.07) is 20.1. The monoisotopic (exact) mass is 392 g/mol. The number of aromatic nitrogens is 1. The number of phenolic OH excluding ortho intramolecular Hbond substituents is 1. The van der Waals surface area contributed by atoms with Crippen LogP contribution < -0.4 is 12.4 Å². The maximum atomic E-state index is 9.88. The fourth-order valence-corrected chi connectivity index (χ4v) is 5.20. The second-order valence-electron chi connectivity index (χ2n) is 6.86. The Morgan fingerprint density at radius 1 is 0.852 bits per heavy atom. The molecule has 0 fully saturated rings. The van der Waals surface area contributed by atoms with Gasteiger partial charge in [0, 0.05) is 15.8 Å². The summed E-state index contributed by atoms with van der Waals surface area (Å²) in [5.41, 5.74) is 5.87. The number of thiophene rings is 1. The van der Waals surface area contributed by atoms with Gasteiger partial charge >= 0.3 is 0 Å². The number of aryl methyl sites for hydroxylation is 2. The van der Waals surface area contributed by atoms with Gasteiger partial charge in [-0.3, -0.25) is 0 Å². The number of halogens is 1. The minimum absolute atomic E-state index is 0. The molecule has 0 radical (unpaired) electrons. The van der Waals surface area contributed by atoms with Gasteiger partial charge < -0.3 is 17.5 Å². The Balaban J connectivity index is 0.00000180. The molecule has 0 unspecified atom stereocenters. The molecule has 2 aromatic heterocycles. The van der Waals surface area contributed by atoms with Crippen molar-refractivity contribution in [1.82, 2.24) is 4.98 Å².